The fraction of sp³-hybridized carbons (Fsp3) is 0.917. The molecule has 16 heavy (non-hydrogen) atoms. The molecule has 0 saturated carbocycles. The van der Waals surface area contributed by atoms with Crippen molar-refractivity contribution in [3.8, 4) is 0 Å². The molecule has 94 valence electrons. The van der Waals surface area contributed by atoms with Gasteiger partial charge in [0.05, 0.1) is 17.6 Å². The largest absolute Gasteiger partial charge is 0.394 e. The number of amides is 1. The van der Waals surface area contributed by atoms with Crippen molar-refractivity contribution >= 4 is 5.91 Å². The molecule has 1 heterocycles. The maximum atomic E-state index is 12.3. The van der Waals surface area contributed by atoms with Gasteiger partial charge in [0.15, 0.2) is 0 Å². The van der Waals surface area contributed by atoms with Crippen LogP contribution in [-0.4, -0.2) is 36.2 Å². The van der Waals surface area contributed by atoms with Crippen LogP contribution in [0.5, 0.6) is 0 Å². The van der Waals surface area contributed by atoms with E-state index in [-0.39, 0.29) is 17.9 Å². The lowest BCUT2D eigenvalue weighted by Crippen LogP contribution is -2.53. The van der Waals surface area contributed by atoms with Crippen LogP contribution in [0.2, 0.25) is 0 Å². The molecule has 0 aromatic heterocycles. The molecule has 0 spiro atoms. The summed E-state index contributed by atoms with van der Waals surface area (Å²) in [5.74, 6) is 0.0819. The normalized spacial score (nSPS) is 25.8. The number of carbonyl (C=O) groups is 1. The van der Waals surface area contributed by atoms with E-state index >= 15 is 0 Å². The number of aliphatic hydroxyl groups excluding tert-OH is 1. The van der Waals surface area contributed by atoms with E-state index in [2.05, 4.69) is 17.6 Å². The molecular formula is C12H24N2O2. The lowest BCUT2D eigenvalue weighted by molar-refractivity contribution is -0.132. The van der Waals surface area contributed by atoms with Crippen molar-refractivity contribution in [3.63, 3.8) is 0 Å². The summed E-state index contributed by atoms with van der Waals surface area (Å²) in [6.45, 7) is 7.42. The van der Waals surface area contributed by atoms with Crippen molar-refractivity contribution in [1.29, 1.82) is 0 Å². The minimum absolute atomic E-state index is 0.0334. The zero-order valence-corrected chi connectivity index (χ0v) is 10.6. The summed E-state index contributed by atoms with van der Waals surface area (Å²) in [7, 11) is 0. The Morgan fingerprint density at radius 2 is 2.25 bits per heavy atom. The predicted molar refractivity (Wildman–Crippen MR) is 64.1 cm³/mol. The van der Waals surface area contributed by atoms with E-state index in [4.69, 9.17) is 5.11 Å². The number of rotatable bonds is 5. The molecule has 0 aliphatic carbocycles. The van der Waals surface area contributed by atoms with Crippen LogP contribution in [-0.2, 0) is 4.79 Å². The monoisotopic (exact) mass is 228 g/mol. The first kappa shape index (κ1) is 13.5. The molecular weight excluding hydrogens is 204 g/mol. The van der Waals surface area contributed by atoms with Gasteiger partial charge in [-0.2, -0.15) is 0 Å². The molecule has 3 N–H and O–H groups in total. The summed E-state index contributed by atoms with van der Waals surface area (Å²) in [5, 5.41) is 15.4. The number of hydrogen-bond donors (Lipinski definition) is 3. The molecule has 1 atom stereocenters. The first-order chi connectivity index (χ1) is 7.46. The fourth-order valence-electron chi connectivity index (χ4n) is 2.22. The molecule has 1 saturated heterocycles. The van der Waals surface area contributed by atoms with E-state index in [9.17, 15) is 4.79 Å². The minimum atomic E-state index is -0.527. The first-order valence-corrected chi connectivity index (χ1v) is 6.10. The van der Waals surface area contributed by atoms with Crippen molar-refractivity contribution in [2.75, 3.05) is 19.7 Å². The second-order valence-electron chi connectivity index (χ2n) is 5.45. The topological polar surface area (TPSA) is 61.4 Å². The summed E-state index contributed by atoms with van der Waals surface area (Å²) in [6, 6.07) is 0. The first-order valence-electron chi connectivity index (χ1n) is 6.10. The van der Waals surface area contributed by atoms with Crippen molar-refractivity contribution < 1.29 is 9.90 Å². The molecule has 0 radical (unpaired) electrons. The van der Waals surface area contributed by atoms with E-state index in [0.717, 1.165) is 32.4 Å². The molecule has 0 bridgehead atoms. The Morgan fingerprint density at radius 3 is 2.69 bits per heavy atom. The maximum Gasteiger partial charge on any atom is 0.228 e. The molecule has 0 aromatic rings. The smallest absolute Gasteiger partial charge is 0.228 e. The van der Waals surface area contributed by atoms with Gasteiger partial charge < -0.3 is 15.7 Å². The average Bonchev–Trinajstić information content (AvgIpc) is 2.68. The highest BCUT2D eigenvalue weighted by Crippen LogP contribution is 2.31. The quantitative estimate of drug-likeness (QED) is 0.647. The van der Waals surface area contributed by atoms with Gasteiger partial charge in [-0.25, -0.2) is 0 Å². The number of hydrogen-bond acceptors (Lipinski definition) is 3. The summed E-state index contributed by atoms with van der Waals surface area (Å²) in [6.07, 6.45) is 2.82. The molecule has 1 amide bonds. The second kappa shape index (κ2) is 5.15. The third kappa shape index (κ3) is 2.95. The van der Waals surface area contributed by atoms with E-state index in [1.165, 1.54) is 0 Å². The molecule has 1 aliphatic heterocycles. The van der Waals surface area contributed by atoms with Gasteiger partial charge in [-0.05, 0) is 33.2 Å². The Labute approximate surface area is 97.8 Å². The summed E-state index contributed by atoms with van der Waals surface area (Å²) in [4.78, 5) is 12.3. The standard InChI is InChI=1S/C12H24N2O2/c1-4-5-12(6-7-13-8-12)10(16)14-11(2,3)9-15/h13,15H,4-9H2,1-3H3,(H,14,16). The Morgan fingerprint density at radius 1 is 1.56 bits per heavy atom. The van der Waals surface area contributed by atoms with Crippen LogP contribution in [0.4, 0.5) is 0 Å². The van der Waals surface area contributed by atoms with Gasteiger partial charge in [0, 0.05) is 6.54 Å². The maximum absolute atomic E-state index is 12.3. The Balaban J connectivity index is 2.69. The van der Waals surface area contributed by atoms with Crippen LogP contribution >= 0.6 is 0 Å². The molecule has 1 fully saturated rings. The van der Waals surface area contributed by atoms with Crippen molar-refractivity contribution in [2.45, 2.75) is 45.6 Å². The van der Waals surface area contributed by atoms with Gasteiger partial charge in [-0.15, -0.1) is 0 Å². The fourth-order valence-corrected chi connectivity index (χ4v) is 2.22. The lowest BCUT2D eigenvalue weighted by Gasteiger charge is -2.32. The van der Waals surface area contributed by atoms with Crippen molar-refractivity contribution in [2.24, 2.45) is 5.41 Å². The number of aliphatic hydroxyl groups is 1. The highest BCUT2D eigenvalue weighted by Gasteiger charge is 2.41. The summed E-state index contributed by atoms with van der Waals surface area (Å²) < 4.78 is 0. The Bertz CT molecular complexity index is 245. The van der Waals surface area contributed by atoms with E-state index in [0.29, 0.717) is 0 Å². The molecule has 1 unspecified atom stereocenters. The van der Waals surface area contributed by atoms with E-state index in [1.807, 2.05) is 13.8 Å². The van der Waals surface area contributed by atoms with Crippen LogP contribution in [0, 0.1) is 5.41 Å². The zero-order chi connectivity index (χ0) is 12.2. The van der Waals surface area contributed by atoms with Crippen LogP contribution in [0.25, 0.3) is 0 Å². The molecule has 0 aromatic carbocycles. The van der Waals surface area contributed by atoms with Crippen LogP contribution in [0.15, 0.2) is 0 Å². The van der Waals surface area contributed by atoms with E-state index < -0.39 is 5.54 Å². The second-order valence-corrected chi connectivity index (χ2v) is 5.45. The molecule has 1 aliphatic rings. The van der Waals surface area contributed by atoms with Crippen LogP contribution < -0.4 is 10.6 Å². The van der Waals surface area contributed by atoms with Gasteiger partial charge in [0.25, 0.3) is 0 Å². The van der Waals surface area contributed by atoms with Gasteiger partial charge in [-0.1, -0.05) is 13.3 Å². The van der Waals surface area contributed by atoms with Gasteiger partial charge in [0.1, 0.15) is 0 Å². The summed E-state index contributed by atoms with van der Waals surface area (Å²) in [5.41, 5.74) is -0.790. The third-order valence-electron chi connectivity index (χ3n) is 3.30. The van der Waals surface area contributed by atoms with Crippen molar-refractivity contribution in [3.05, 3.63) is 0 Å². The van der Waals surface area contributed by atoms with Gasteiger partial charge >= 0.3 is 0 Å². The highest BCUT2D eigenvalue weighted by molar-refractivity contribution is 5.84. The molecule has 4 heteroatoms. The lowest BCUT2D eigenvalue weighted by atomic mass is 9.81. The van der Waals surface area contributed by atoms with Crippen molar-refractivity contribution in [1.82, 2.24) is 10.6 Å². The minimum Gasteiger partial charge on any atom is -0.394 e. The average molecular weight is 228 g/mol. The number of nitrogens with one attached hydrogen (secondary N) is 2. The summed E-state index contributed by atoms with van der Waals surface area (Å²) >= 11 is 0. The number of carbonyl (C=O) groups excluding carboxylic acids is 1. The Hall–Kier alpha value is -0.610. The molecule has 1 rings (SSSR count). The van der Waals surface area contributed by atoms with E-state index in [1.54, 1.807) is 0 Å². The Kier molecular flexibility index (Phi) is 4.33. The zero-order valence-electron chi connectivity index (χ0n) is 10.6. The SMILES string of the molecule is CCCC1(C(=O)NC(C)(C)CO)CCNC1. The highest BCUT2D eigenvalue weighted by atomic mass is 16.3. The van der Waals surface area contributed by atoms with Crippen LogP contribution in [0.3, 0.4) is 0 Å². The van der Waals surface area contributed by atoms with Crippen LogP contribution in [0.1, 0.15) is 40.0 Å². The predicted octanol–water partition coefficient (Wildman–Crippen LogP) is 0.653. The van der Waals surface area contributed by atoms with Gasteiger partial charge in [-0.3, -0.25) is 4.79 Å². The van der Waals surface area contributed by atoms with Gasteiger partial charge in [0.2, 0.25) is 5.91 Å². The third-order valence-corrected chi connectivity index (χ3v) is 3.30. The molecule has 4 nitrogen and oxygen atoms in total.